The van der Waals surface area contributed by atoms with Crippen LogP contribution in [0.5, 0.6) is 5.75 Å². The number of alkyl halides is 1. The first-order valence-corrected chi connectivity index (χ1v) is 25.1. The Kier molecular flexibility index (Phi) is 19.3. The van der Waals surface area contributed by atoms with Crippen molar-refractivity contribution in [3.05, 3.63) is 53.6 Å². The van der Waals surface area contributed by atoms with E-state index in [2.05, 4.69) is 60.1 Å². The monoisotopic (exact) mass is 990 g/mol. The third-order valence-electron chi connectivity index (χ3n) is 11.6. The minimum Gasteiger partial charge on any atom is -0.492 e. The van der Waals surface area contributed by atoms with Crippen molar-refractivity contribution in [1.29, 1.82) is 0 Å². The van der Waals surface area contributed by atoms with E-state index < -0.39 is 16.0 Å². The van der Waals surface area contributed by atoms with E-state index in [1.54, 1.807) is 23.9 Å². The van der Waals surface area contributed by atoms with Crippen LogP contribution in [-0.2, 0) is 35.0 Å². The quantitative estimate of drug-likeness (QED) is 0.0553. The van der Waals surface area contributed by atoms with Gasteiger partial charge in [-0.15, -0.1) is 35.1 Å². The lowest BCUT2D eigenvalue weighted by Crippen LogP contribution is -2.55. The molecule has 7 atom stereocenters. The van der Waals surface area contributed by atoms with Gasteiger partial charge in [-0.2, -0.15) is 5.53 Å². The minimum atomic E-state index is -0.672. The fourth-order valence-corrected chi connectivity index (χ4v) is 10.4. The lowest BCUT2D eigenvalue weighted by atomic mass is 10.0. The second-order valence-corrected chi connectivity index (χ2v) is 19.9. The van der Waals surface area contributed by atoms with Crippen molar-refractivity contribution < 1.29 is 42.9 Å². The highest BCUT2D eigenvalue weighted by atomic mass is 35.5. The van der Waals surface area contributed by atoms with Gasteiger partial charge < -0.3 is 60.6 Å². The van der Waals surface area contributed by atoms with Crippen molar-refractivity contribution in [1.82, 2.24) is 52.4 Å². The van der Waals surface area contributed by atoms with Gasteiger partial charge in [-0.05, 0) is 55.4 Å². The summed E-state index contributed by atoms with van der Waals surface area (Å²) in [7, 11) is 2.07. The molecule has 0 spiro atoms. The van der Waals surface area contributed by atoms with Gasteiger partial charge in [0.15, 0.2) is 0 Å². The number of piperazine rings is 1. The van der Waals surface area contributed by atoms with Crippen molar-refractivity contribution in [2.45, 2.75) is 59.4 Å². The van der Waals surface area contributed by atoms with Crippen molar-refractivity contribution in [3.63, 3.8) is 0 Å². The summed E-state index contributed by atoms with van der Waals surface area (Å²) in [6, 6.07) is 11.9. The maximum atomic E-state index is 13.5. The number of likely N-dealkylation sites (N-methyl/N-ethyl adjacent to an activating group) is 1. The SMILES string of the molecule is C[C@@H](NC(=O)[C@@H](COCCOCCOCC1CN(CCOc2ccc(NC(=O)NC3NC(CC(=O)N4CCN(C)CC4)CS3)cc2)NN1)SC1NC(=O)NCC1Cl)c1ccc2c(c1)CC(=O)N2. The van der Waals surface area contributed by atoms with Crippen LogP contribution in [0.4, 0.5) is 21.0 Å². The summed E-state index contributed by atoms with van der Waals surface area (Å²) < 4.78 is 23.4. The van der Waals surface area contributed by atoms with Crippen molar-refractivity contribution >= 4 is 76.3 Å². The van der Waals surface area contributed by atoms with Gasteiger partial charge >= 0.3 is 12.1 Å². The first kappa shape index (κ1) is 50.7. The largest absolute Gasteiger partial charge is 0.492 e. The zero-order chi connectivity index (χ0) is 47.1. The molecule has 0 saturated carbocycles. The number of nitrogens with zero attached hydrogens (tertiary/aromatic N) is 3. The predicted octanol–water partition coefficient (Wildman–Crippen LogP) is 0.803. The van der Waals surface area contributed by atoms with Crippen LogP contribution >= 0.6 is 35.1 Å². The first-order valence-electron chi connectivity index (χ1n) is 22.6. The zero-order valence-electron chi connectivity index (χ0n) is 37.8. The van der Waals surface area contributed by atoms with Gasteiger partial charge in [0.25, 0.3) is 0 Å². The lowest BCUT2D eigenvalue weighted by Gasteiger charge is -2.33. The van der Waals surface area contributed by atoms with Crippen LogP contribution in [0.15, 0.2) is 42.5 Å². The van der Waals surface area contributed by atoms with Gasteiger partial charge in [0.1, 0.15) is 23.1 Å². The second-order valence-electron chi connectivity index (χ2n) is 16.9. The Hall–Kier alpha value is -4.14. The van der Waals surface area contributed by atoms with Gasteiger partial charge in [-0.3, -0.25) is 19.7 Å². The van der Waals surface area contributed by atoms with Crippen molar-refractivity contribution in [3.8, 4) is 5.75 Å². The third-order valence-corrected chi connectivity index (χ3v) is 14.8. The number of amides is 7. The van der Waals surface area contributed by atoms with Crippen LogP contribution in [0.3, 0.4) is 0 Å². The molecule has 21 nitrogen and oxygen atoms in total. The molecule has 4 fully saturated rings. The number of hydrogen-bond donors (Lipinski definition) is 9. The van der Waals surface area contributed by atoms with Gasteiger partial charge in [-0.1, -0.05) is 12.1 Å². The molecule has 2 aromatic rings. The Morgan fingerprint density at radius 3 is 2.55 bits per heavy atom. The smallest absolute Gasteiger partial charge is 0.321 e. The Balaban J connectivity index is 0.711. The number of anilines is 2. The second kappa shape index (κ2) is 25.5. The summed E-state index contributed by atoms with van der Waals surface area (Å²) in [5.74, 6) is 1.27. The van der Waals surface area contributed by atoms with Gasteiger partial charge in [0.05, 0.1) is 68.9 Å². The number of ether oxygens (including phenoxy) is 4. The zero-order valence-corrected chi connectivity index (χ0v) is 40.2. The summed E-state index contributed by atoms with van der Waals surface area (Å²) in [5, 5.41) is 20.9. The Morgan fingerprint density at radius 1 is 0.970 bits per heavy atom. The molecule has 0 aromatic heterocycles. The highest BCUT2D eigenvalue weighted by Gasteiger charge is 2.34. The molecule has 0 aliphatic carbocycles. The van der Waals surface area contributed by atoms with E-state index in [9.17, 15) is 24.0 Å². The van der Waals surface area contributed by atoms with E-state index in [-0.39, 0.29) is 73.2 Å². The summed E-state index contributed by atoms with van der Waals surface area (Å²) >= 11 is 9.30. The number of halogens is 1. The third kappa shape index (κ3) is 16.0. The molecule has 5 aliphatic rings. The van der Waals surface area contributed by atoms with E-state index in [1.165, 1.54) is 11.8 Å². The number of carbonyl (C=O) groups is 5. The predicted molar refractivity (Wildman–Crippen MR) is 257 cm³/mol. The number of hydrogen-bond acceptors (Lipinski definition) is 16. The molecule has 7 amide bonds. The molecule has 5 unspecified atom stereocenters. The molecule has 24 heteroatoms. The minimum absolute atomic E-state index is 0.0163. The topological polar surface area (TPSA) is 240 Å². The van der Waals surface area contributed by atoms with Crippen LogP contribution in [0.1, 0.15) is 30.5 Å². The summed E-state index contributed by atoms with van der Waals surface area (Å²) in [5.41, 5.74) is 9.27. The van der Waals surface area contributed by atoms with E-state index in [0.29, 0.717) is 70.4 Å². The molecular weight excluding hydrogens is 928 g/mol. The Morgan fingerprint density at radius 2 is 1.75 bits per heavy atom. The molecule has 9 N–H and O–H groups in total. The molecular formula is C43H63ClN12O9S2. The number of carbonyl (C=O) groups excluding carboxylic acids is 5. The normalized spacial score (nSPS) is 24.0. The standard InChI is InChI=1S/C43H63ClN12O9S2/c1-27(28-3-8-35-29(19-28)20-37(57)49-35)46-39(59)36(67-40-34(44)22-45-41(60)50-40)25-64-18-16-62-15-17-63-24-32-23-56(53-52-32)13-14-65-33-6-4-30(5-7-33)47-42(61)51-43-48-31(26-66-43)21-38(58)55-11-9-54(2)10-12-55/h3-8,19,27,31-32,34,36,40,43,48,52-53H,9-18,20-26H2,1-2H3,(H,46,59)(H,49,57)(H2,45,50,60)(H2,47,51,61)/t27-,31?,32?,34?,36-,40?,43?/m1/s1. The molecule has 2 aromatic carbocycles. The highest BCUT2D eigenvalue weighted by Crippen LogP contribution is 2.28. The average Bonchev–Trinajstić information content (AvgIpc) is 4.06. The lowest BCUT2D eigenvalue weighted by molar-refractivity contribution is -0.133. The van der Waals surface area contributed by atoms with Gasteiger partial charge in [-0.25, -0.2) is 20.0 Å². The van der Waals surface area contributed by atoms with Crippen LogP contribution in [0.25, 0.3) is 0 Å². The number of hydrazine groups is 2. The molecule has 67 heavy (non-hydrogen) atoms. The van der Waals surface area contributed by atoms with Gasteiger partial charge in [0.2, 0.25) is 17.7 Å². The number of rotatable bonds is 23. The van der Waals surface area contributed by atoms with Crippen molar-refractivity contribution in [2.75, 3.05) is 115 Å². The molecule has 5 aliphatic heterocycles. The summed E-state index contributed by atoms with van der Waals surface area (Å²) in [6.07, 6.45) is 0.725. The Bertz CT molecular complexity index is 1990. The fraction of sp³-hybridized carbons (Fsp3) is 0.605. The summed E-state index contributed by atoms with van der Waals surface area (Å²) in [6.45, 7) is 9.08. The van der Waals surface area contributed by atoms with E-state index >= 15 is 0 Å². The van der Waals surface area contributed by atoms with E-state index in [0.717, 1.165) is 48.7 Å². The number of thioether (sulfide) groups is 2. The summed E-state index contributed by atoms with van der Waals surface area (Å²) in [4.78, 5) is 66.9. The van der Waals surface area contributed by atoms with Crippen LogP contribution in [-0.4, -0.2) is 183 Å². The average molecular weight is 992 g/mol. The van der Waals surface area contributed by atoms with E-state index in [1.807, 2.05) is 47.2 Å². The Labute approximate surface area is 404 Å². The van der Waals surface area contributed by atoms with Crippen LogP contribution in [0.2, 0.25) is 0 Å². The van der Waals surface area contributed by atoms with Gasteiger partial charge in [0, 0.05) is 75.4 Å². The van der Waals surface area contributed by atoms with Crippen LogP contribution < -0.4 is 52.9 Å². The van der Waals surface area contributed by atoms with Crippen LogP contribution in [0, 0.1) is 0 Å². The highest BCUT2D eigenvalue weighted by molar-refractivity contribution is 8.01. The number of benzene rings is 2. The van der Waals surface area contributed by atoms with E-state index in [4.69, 9.17) is 30.5 Å². The number of fused-ring (bicyclic) bond motifs is 1. The molecule has 368 valence electrons. The molecule has 0 radical (unpaired) electrons. The first-order chi connectivity index (χ1) is 32.4. The van der Waals surface area contributed by atoms with Crippen molar-refractivity contribution in [2.24, 2.45) is 0 Å². The molecule has 0 bridgehead atoms. The fourth-order valence-electron chi connectivity index (χ4n) is 7.80. The maximum absolute atomic E-state index is 13.5. The maximum Gasteiger partial charge on any atom is 0.321 e. The molecule has 7 rings (SSSR count). The number of urea groups is 2. The number of nitrogens with one attached hydrogen (secondary N) is 9. The molecule has 4 saturated heterocycles. The molecule has 5 heterocycles.